The molecule has 0 aliphatic carbocycles. The number of aromatic nitrogens is 3. The molecule has 67 heavy (non-hydrogen) atoms. The van der Waals surface area contributed by atoms with Crippen molar-refractivity contribution in [3.63, 3.8) is 0 Å². The molecule has 0 saturated heterocycles. The molecule has 0 radical (unpaired) electrons. The smallest absolute Gasteiger partial charge is 0.0955 e. The van der Waals surface area contributed by atoms with Gasteiger partial charge in [0.05, 0.1) is 33.1 Å². The van der Waals surface area contributed by atoms with Crippen molar-refractivity contribution in [3.05, 3.63) is 218 Å². The van der Waals surface area contributed by atoms with Crippen LogP contribution < -0.4 is 0 Å². The second-order valence-electron chi connectivity index (χ2n) is 17.8. The SMILES string of the molecule is Cn1cnc2cccc(-c3cc4ccccc4c4c3ccc3cc(-c5ccc(-c6ccc(-c7cc8ccc9cc(-c%10ccccc%10)ccc9c8c8ccccc78)c7scnc67)cc5)ccc34)c21. The van der Waals surface area contributed by atoms with E-state index in [1.54, 1.807) is 11.3 Å². The van der Waals surface area contributed by atoms with E-state index in [2.05, 4.69) is 223 Å². The zero-order valence-corrected chi connectivity index (χ0v) is 37.4. The van der Waals surface area contributed by atoms with Crippen LogP contribution >= 0.6 is 11.3 Å². The van der Waals surface area contributed by atoms with Gasteiger partial charge in [-0.3, -0.25) is 0 Å². The first kappa shape index (κ1) is 37.9. The molecule has 0 spiro atoms. The highest BCUT2D eigenvalue weighted by Gasteiger charge is 2.19. The van der Waals surface area contributed by atoms with Gasteiger partial charge in [0.2, 0.25) is 0 Å². The van der Waals surface area contributed by atoms with Gasteiger partial charge in [-0.25, -0.2) is 9.97 Å². The monoisotopic (exact) mass is 869 g/mol. The van der Waals surface area contributed by atoms with Gasteiger partial charge >= 0.3 is 0 Å². The maximum atomic E-state index is 5.01. The van der Waals surface area contributed by atoms with E-state index in [9.17, 15) is 0 Å². The van der Waals surface area contributed by atoms with Crippen LogP contribution in [0.15, 0.2) is 218 Å². The summed E-state index contributed by atoms with van der Waals surface area (Å²) in [6.45, 7) is 0. The molecule has 12 aromatic carbocycles. The topological polar surface area (TPSA) is 30.7 Å². The van der Waals surface area contributed by atoms with Crippen molar-refractivity contribution < 1.29 is 0 Å². The summed E-state index contributed by atoms with van der Waals surface area (Å²) < 4.78 is 3.34. The minimum absolute atomic E-state index is 1.01. The average molecular weight is 870 g/mol. The van der Waals surface area contributed by atoms with E-state index in [1.165, 1.54) is 114 Å². The van der Waals surface area contributed by atoms with Gasteiger partial charge in [-0.15, -0.1) is 11.3 Å². The van der Waals surface area contributed by atoms with Gasteiger partial charge in [-0.05, 0) is 134 Å². The number of fused-ring (bicyclic) bond motifs is 12. The second kappa shape index (κ2) is 14.8. The van der Waals surface area contributed by atoms with Crippen LogP contribution in [0.25, 0.3) is 142 Å². The zero-order valence-electron chi connectivity index (χ0n) is 36.5. The van der Waals surface area contributed by atoms with Crippen molar-refractivity contribution in [1.29, 1.82) is 0 Å². The number of aryl methyl sites for hydroxylation is 1. The van der Waals surface area contributed by atoms with Gasteiger partial charge in [0.1, 0.15) is 0 Å². The molecule has 4 heteroatoms. The lowest BCUT2D eigenvalue weighted by molar-refractivity contribution is 0.948. The molecule has 3 nitrogen and oxygen atoms in total. The summed E-state index contributed by atoms with van der Waals surface area (Å²) in [5.41, 5.74) is 17.2. The quantitative estimate of drug-likeness (QED) is 0.161. The Bertz CT molecular complexity index is 4330. The molecule has 0 amide bonds. The maximum Gasteiger partial charge on any atom is 0.0955 e. The molecule has 0 fully saturated rings. The van der Waals surface area contributed by atoms with Gasteiger partial charge < -0.3 is 4.57 Å². The minimum Gasteiger partial charge on any atom is -0.333 e. The highest BCUT2D eigenvalue weighted by atomic mass is 32.1. The molecule has 0 N–H and O–H groups in total. The third-order valence-corrected chi connectivity index (χ3v) is 15.0. The summed E-state index contributed by atoms with van der Waals surface area (Å²) in [5.74, 6) is 0. The first-order valence-corrected chi connectivity index (χ1v) is 23.7. The molecular formula is C63H39N3S. The fraction of sp³-hybridized carbons (Fsp3) is 0.0159. The van der Waals surface area contributed by atoms with Crippen LogP contribution in [-0.4, -0.2) is 14.5 Å². The van der Waals surface area contributed by atoms with Crippen molar-refractivity contribution in [1.82, 2.24) is 14.5 Å². The molecule has 14 aromatic rings. The predicted molar refractivity (Wildman–Crippen MR) is 286 cm³/mol. The normalized spacial score (nSPS) is 12.0. The van der Waals surface area contributed by atoms with Crippen molar-refractivity contribution in [3.8, 4) is 55.6 Å². The van der Waals surface area contributed by atoms with E-state index in [4.69, 9.17) is 4.98 Å². The molecule has 2 heterocycles. The van der Waals surface area contributed by atoms with Gasteiger partial charge in [0.25, 0.3) is 0 Å². The largest absolute Gasteiger partial charge is 0.333 e. The minimum atomic E-state index is 1.01. The third-order valence-electron chi connectivity index (χ3n) is 14.1. The van der Waals surface area contributed by atoms with E-state index >= 15 is 0 Å². The summed E-state index contributed by atoms with van der Waals surface area (Å²) in [4.78, 5) is 9.69. The molecular weight excluding hydrogens is 831 g/mol. The van der Waals surface area contributed by atoms with Crippen LogP contribution in [0.3, 0.4) is 0 Å². The summed E-state index contributed by atoms with van der Waals surface area (Å²) in [6.07, 6.45) is 1.91. The van der Waals surface area contributed by atoms with Crippen LogP contribution in [0.4, 0.5) is 0 Å². The maximum absolute atomic E-state index is 5.01. The summed E-state index contributed by atoms with van der Waals surface area (Å²) >= 11 is 1.72. The van der Waals surface area contributed by atoms with Crippen molar-refractivity contribution in [2.24, 2.45) is 7.05 Å². The Labute approximate surface area is 390 Å². The van der Waals surface area contributed by atoms with Crippen LogP contribution in [0.1, 0.15) is 0 Å². The Balaban J connectivity index is 0.836. The standard InChI is InChI=1S/C63H39N3S/c1-66-36-64-58-17-9-16-54(62(58)66)57-34-43-12-5-6-13-47(43)60-49-28-25-42(33-45(49)26-29-53(57)60)39-18-20-40(21-19-39)50-30-31-55(63-61(50)65-37-67-63)56-35-46-23-22-44-32-41(38-10-3-2-4-11-38)24-27-48(44)59(46)52-15-8-7-14-51(52)56/h2-37H,1H3. The molecule has 0 saturated carbocycles. The molecule has 312 valence electrons. The van der Waals surface area contributed by atoms with E-state index in [0.29, 0.717) is 0 Å². The number of para-hydroxylation sites is 1. The number of nitrogens with zero attached hydrogens (tertiary/aromatic N) is 3. The molecule has 14 rings (SSSR count). The zero-order chi connectivity index (χ0) is 44.2. The molecule has 2 aromatic heterocycles. The van der Waals surface area contributed by atoms with Crippen LogP contribution in [-0.2, 0) is 7.05 Å². The first-order chi connectivity index (χ1) is 33.1. The number of thiazole rings is 1. The molecule has 0 aliphatic rings. The van der Waals surface area contributed by atoms with Crippen molar-refractivity contribution in [2.75, 3.05) is 0 Å². The lowest BCUT2D eigenvalue weighted by Gasteiger charge is -2.15. The third kappa shape index (κ3) is 5.90. The van der Waals surface area contributed by atoms with Crippen molar-refractivity contribution in [2.45, 2.75) is 0 Å². The molecule has 0 aliphatic heterocycles. The van der Waals surface area contributed by atoms with Gasteiger partial charge in [-0.2, -0.15) is 0 Å². The Hall–Kier alpha value is -8.44. The molecule has 0 unspecified atom stereocenters. The number of hydrogen-bond donors (Lipinski definition) is 0. The number of imidazole rings is 1. The Kier molecular flexibility index (Phi) is 8.37. The fourth-order valence-electron chi connectivity index (χ4n) is 11.0. The van der Waals surface area contributed by atoms with Crippen molar-refractivity contribution >= 4 is 97.2 Å². The lowest BCUT2D eigenvalue weighted by Crippen LogP contribution is -1.91. The summed E-state index contributed by atoms with van der Waals surface area (Å²) in [5, 5.41) is 15.1. The number of benzene rings is 12. The van der Waals surface area contributed by atoms with Gasteiger partial charge in [-0.1, -0.05) is 176 Å². The summed E-state index contributed by atoms with van der Waals surface area (Å²) in [7, 11) is 2.08. The Morgan fingerprint density at radius 3 is 1.76 bits per heavy atom. The Morgan fingerprint density at radius 1 is 0.358 bits per heavy atom. The number of rotatable bonds is 5. The predicted octanol–water partition coefficient (Wildman–Crippen LogP) is 17.4. The van der Waals surface area contributed by atoms with E-state index in [1.807, 2.05) is 11.8 Å². The van der Waals surface area contributed by atoms with E-state index in [-0.39, 0.29) is 0 Å². The van der Waals surface area contributed by atoms with E-state index < -0.39 is 0 Å². The molecule has 0 bridgehead atoms. The molecule has 0 atom stereocenters. The van der Waals surface area contributed by atoms with E-state index in [0.717, 1.165) is 27.7 Å². The second-order valence-corrected chi connectivity index (χ2v) is 18.7. The Morgan fingerprint density at radius 2 is 0.940 bits per heavy atom. The van der Waals surface area contributed by atoms with Gasteiger partial charge in [0, 0.05) is 23.7 Å². The number of hydrogen-bond acceptors (Lipinski definition) is 3. The first-order valence-electron chi connectivity index (χ1n) is 22.8. The van der Waals surface area contributed by atoms with Crippen LogP contribution in [0.5, 0.6) is 0 Å². The highest BCUT2D eigenvalue weighted by Crippen LogP contribution is 2.45. The van der Waals surface area contributed by atoms with Crippen LogP contribution in [0.2, 0.25) is 0 Å². The average Bonchev–Trinajstić information content (AvgIpc) is 4.05. The summed E-state index contributed by atoms with van der Waals surface area (Å²) in [6, 6.07) is 76.1. The van der Waals surface area contributed by atoms with Gasteiger partial charge in [0.15, 0.2) is 0 Å². The highest BCUT2D eigenvalue weighted by molar-refractivity contribution is 7.17. The van der Waals surface area contributed by atoms with Crippen LogP contribution in [0, 0.1) is 0 Å². The lowest BCUT2D eigenvalue weighted by atomic mass is 9.88. The fourth-order valence-corrected chi connectivity index (χ4v) is 11.8.